The standard InChI is InChI=1S/C23H29NO5/c1-23(2,3)29-22(26)24(4)14-13-16-9-7-8-10-18(16)20-17(15-25)11-12-19(27-5)21(20)28-6/h7-12,15H,13-14H2,1-6H3. The predicted molar refractivity (Wildman–Crippen MR) is 113 cm³/mol. The first-order valence-corrected chi connectivity index (χ1v) is 9.44. The van der Waals surface area contributed by atoms with Gasteiger partial charge in [-0.3, -0.25) is 4.79 Å². The normalized spacial score (nSPS) is 11.0. The van der Waals surface area contributed by atoms with E-state index >= 15 is 0 Å². The monoisotopic (exact) mass is 399 g/mol. The van der Waals surface area contributed by atoms with Crippen LogP contribution in [0.25, 0.3) is 11.1 Å². The number of hydrogen-bond donors (Lipinski definition) is 0. The van der Waals surface area contributed by atoms with Crippen molar-refractivity contribution in [1.82, 2.24) is 4.90 Å². The number of likely N-dealkylation sites (N-methyl/N-ethyl adjacent to an activating group) is 1. The predicted octanol–water partition coefficient (Wildman–Crippen LogP) is 4.59. The van der Waals surface area contributed by atoms with Gasteiger partial charge >= 0.3 is 6.09 Å². The fourth-order valence-corrected chi connectivity index (χ4v) is 3.02. The highest BCUT2D eigenvalue weighted by Crippen LogP contribution is 2.41. The van der Waals surface area contributed by atoms with Crippen molar-refractivity contribution in [3.8, 4) is 22.6 Å². The minimum absolute atomic E-state index is 0.373. The summed E-state index contributed by atoms with van der Waals surface area (Å²) in [5, 5.41) is 0. The molecular formula is C23H29NO5. The summed E-state index contributed by atoms with van der Waals surface area (Å²) in [6.45, 7) is 5.98. The molecule has 0 aliphatic carbocycles. The molecule has 0 heterocycles. The second kappa shape index (κ2) is 9.45. The molecule has 0 saturated heterocycles. The van der Waals surface area contributed by atoms with E-state index in [1.54, 1.807) is 38.3 Å². The topological polar surface area (TPSA) is 65.1 Å². The Hall–Kier alpha value is -3.02. The minimum Gasteiger partial charge on any atom is -0.493 e. The average Bonchev–Trinajstić information content (AvgIpc) is 2.69. The molecule has 0 N–H and O–H groups in total. The number of carbonyl (C=O) groups excluding carboxylic acids is 2. The van der Waals surface area contributed by atoms with E-state index in [1.807, 2.05) is 45.0 Å². The van der Waals surface area contributed by atoms with Gasteiger partial charge in [-0.25, -0.2) is 4.79 Å². The number of carbonyl (C=O) groups is 2. The SMILES string of the molecule is COc1ccc(C=O)c(-c2ccccc2CCN(C)C(=O)OC(C)(C)C)c1OC. The van der Waals surface area contributed by atoms with Crippen LogP contribution < -0.4 is 9.47 Å². The number of rotatable bonds is 7. The highest BCUT2D eigenvalue weighted by molar-refractivity contribution is 5.93. The van der Waals surface area contributed by atoms with E-state index in [9.17, 15) is 9.59 Å². The molecule has 0 aromatic heterocycles. The van der Waals surface area contributed by atoms with E-state index in [0.29, 0.717) is 35.6 Å². The maximum Gasteiger partial charge on any atom is 0.410 e. The number of nitrogens with zero attached hydrogens (tertiary/aromatic N) is 1. The van der Waals surface area contributed by atoms with Gasteiger partial charge in [-0.1, -0.05) is 24.3 Å². The molecule has 0 aliphatic rings. The van der Waals surface area contributed by atoms with Gasteiger partial charge in [0.1, 0.15) is 5.60 Å². The summed E-state index contributed by atoms with van der Waals surface area (Å²) in [6.07, 6.45) is 1.02. The van der Waals surface area contributed by atoms with Gasteiger partial charge in [0.2, 0.25) is 0 Å². The zero-order valence-electron chi connectivity index (χ0n) is 17.9. The average molecular weight is 399 g/mol. The third kappa shape index (κ3) is 5.50. The largest absolute Gasteiger partial charge is 0.493 e. The summed E-state index contributed by atoms with van der Waals surface area (Å²) >= 11 is 0. The Balaban J connectivity index is 2.37. The van der Waals surface area contributed by atoms with Crippen LogP contribution in [0.1, 0.15) is 36.7 Å². The van der Waals surface area contributed by atoms with Crippen LogP contribution in [0, 0.1) is 0 Å². The Morgan fingerprint density at radius 1 is 1.07 bits per heavy atom. The van der Waals surface area contributed by atoms with Crippen LogP contribution in [0.15, 0.2) is 36.4 Å². The first-order valence-electron chi connectivity index (χ1n) is 9.44. The number of hydrogen-bond acceptors (Lipinski definition) is 5. The summed E-state index contributed by atoms with van der Waals surface area (Å²) in [5.41, 5.74) is 2.49. The van der Waals surface area contributed by atoms with Crippen molar-refractivity contribution in [2.45, 2.75) is 32.8 Å². The van der Waals surface area contributed by atoms with Crippen LogP contribution in [0.3, 0.4) is 0 Å². The first-order chi connectivity index (χ1) is 13.7. The fourth-order valence-electron chi connectivity index (χ4n) is 3.02. The highest BCUT2D eigenvalue weighted by atomic mass is 16.6. The summed E-state index contributed by atoms with van der Waals surface area (Å²) in [6, 6.07) is 11.2. The molecule has 0 spiro atoms. The van der Waals surface area contributed by atoms with Gasteiger partial charge in [-0.05, 0) is 50.5 Å². The van der Waals surface area contributed by atoms with Crippen molar-refractivity contribution in [3.05, 3.63) is 47.5 Å². The number of methoxy groups -OCH3 is 2. The van der Waals surface area contributed by atoms with E-state index in [0.717, 1.165) is 17.4 Å². The quantitative estimate of drug-likeness (QED) is 0.637. The molecule has 0 unspecified atom stereocenters. The van der Waals surface area contributed by atoms with Crippen molar-refractivity contribution in [2.24, 2.45) is 0 Å². The molecule has 2 rings (SSSR count). The van der Waals surface area contributed by atoms with Gasteiger partial charge in [0, 0.05) is 24.7 Å². The smallest absolute Gasteiger partial charge is 0.410 e. The van der Waals surface area contributed by atoms with Crippen molar-refractivity contribution >= 4 is 12.4 Å². The molecule has 156 valence electrons. The molecule has 0 saturated carbocycles. The lowest BCUT2D eigenvalue weighted by Gasteiger charge is -2.25. The molecule has 1 amide bonds. The Morgan fingerprint density at radius 3 is 2.34 bits per heavy atom. The Morgan fingerprint density at radius 2 is 1.76 bits per heavy atom. The van der Waals surface area contributed by atoms with Crippen LogP contribution in [0.4, 0.5) is 4.79 Å². The molecule has 0 atom stereocenters. The first kappa shape index (κ1) is 22.3. The lowest BCUT2D eigenvalue weighted by atomic mass is 9.93. The van der Waals surface area contributed by atoms with Crippen molar-refractivity contribution in [2.75, 3.05) is 27.8 Å². The molecule has 29 heavy (non-hydrogen) atoms. The van der Waals surface area contributed by atoms with Gasteiger partial charge in [0.15, 0.2) is 17.8 Å². The molecule has 0 aliphatic heterocycles. The number of amides is 1. The number of ether oxygens (including phenoxy) is 3. The third-order valence-corrected chi connectivity index (χ3v) is 4.41. The maximum absolute atomic E-state index is 12.2. The van der Waals surface area contributed by atoms with Crippen LogP contribution in [-0.2, 0) is 11.2 Å². The van der Waals surface area contributed by atoms with Gasteiger partial charge in [-0.2, -0.15) is 0 Å². The Bertz CT molecular complexity index is 870. The molecular weight excluding hydrogens is 370 g/mol. The van der Waals surface area contributed by atoms with E-state index in [-0.39, 0.29) is 6.09 Å². The van der Waals surface area contributed by atoms with E-state index in [2.05, 4.69) is 0 Å². The number of aldehydes is 1. The lowest BCUT2D eigenvalue weighted by molar-refractivity contribution is 0.0300. The molecule has 2 aromatic carbocycles. The zero-order chi connectivity index (χ0) is 21.6. The van der Waals surface area contributed by atoms with Gasteiger partial charge < -0.3 is 19.1 Å². The Labute approximate surface area is 172 Å². The summed E-state index contributed by atoms with van der Waals surface area (Å²) in [7, 11) is 4.82. The van der Waals surface area contributed by atoms with Crippen LogP contribution in [-0.4, -0.2) is 50.7 Å². The second-order valence-electron chi connectivity index (χ2n) is 7.69. The lowest BCUT2D eigenvalue weighted by Crippen LogP contribution is -2.35. The van der Waals surface area contributed by atoms with E-state index < -0.39 is 5.60 Å². The summed E-state index contributed by atoms with van der Waals surface area (Å²) < 4.78 is 16.4. The van der Waals surface area contributed by atoms with Crippen molar-refractivity contribution in [3.63, 3.8) is 0 Å². The van der Waals surface area contributed by atoms with Gasteiger partial charge in [0.05, 0.1) is 14.2 Å². The van der Waals surface area contributed by atoms with Gasteiger partial charge in [0.25, 0.3) is 0 Å². The van der Waals surface area contributed by atoms with Crippen LogP contribution in [0.5, 0.6) is 11.5 Å². The Kier molecular flexibility index (Phi) is 7.26. The third-order valence-electron chi connectivity index (χ3n) is 4.41. The molecule has 0 bridgehead atoms. The number of benzene rings is 2. The van der Waals surface area contributed by atoms with Crippen molar-refractivity contribution in [1.29, 1.82) is 0 Å². The molecule has 6 nitrogen and oxygen atoms in total. The second-order valence-corrected chi connectivity index (χ2v) is 7.69. The molecule has 6 heteroatoms. The summed E-state index contributed by atoms with van der Waals surface area (Å²) in [4.78, 5) is 25.5. The summed E-state index contributed by atoms with van der Waals surface area (Å²) in [5.74, 6) is 1.05. The fraction of sp³-hybridized carbons (Fsp3) is 0.391. The highest BCUT2D eigenvalue weighted by Gasteiger charge is 2.21. The molecule has 2 aromatic rings. The van der Waals surface area contributed by atoms with E-state index in [4.69, 9.17) is 14.2 Å². The molecule has 0 radical (unpaired) electrons. The van der Waals surface area contributed by atoms with Crippen LogP contribution >= 0.6 is 0 Å². The maximum atomic E-state index is 12.2. The van der Waals surface area contributed by atoms with Gasteiger partial charge in [-0.15, -0.1) is 0 Å². The van der Waals surface area contributed by atoms with E-state index in [1.165, 1.54) is 0 Å². The minimum atomic E-state index is -0.546. The van der Waals surface area contributed by atoms with Crippen LogP contribution in [0.2, 0.25) is 0 Å². The molecule has 0 fully saturated rings. The zero-order valence-corrected chi connectivity index (χ0v) is 17.9. The van der Waals surface area contributed by atoms with Crippen molar-refractivity contribution < 1.29 is 23.8 Å².